The Labute approximate surface area is 110 Å². The van der Waals surface area contributed by atoms with Crippen LogP contribution in [0.1, 0.15) is 23.0 Å². The van der Waals surface area contributed by atoms with Crippen molar-refractivity contribution in [1.82, 2.24) is 4.57 Å². The Morgan fingerprint density at radius 3 is 2.74 bits per heavy atom. The molecule has 0 unspecified atom stereocenters. The molecular formula is C14H15NO4. The van der Waals surface area contributed by atoms with E-state index in [2.05, 4.69) is 0 Å². The quantitative estimate of drug-likeness (QED) is 0.779. The van der Waals surface area contributed by atoms with Crippen LogP contribution < -0.4 is 9.47 Å². The molecular weight excluding hydrogens is 246 g/mol. The van der Waals surface area contributed by atoms with Gasteiger partial charge in [0.1, 0.15) is 0 Å². The van der Waals surface area contributed by atoms with Gasteiger partial charge in [0.15, 0.2) is 11.5 Å². The number of carbonyl (C=O) groups excluding carboxylic acids is 1. The minimum absolute atomic E-state index is 0.222. The van der Waals surface area contributed by atoms with Gasteiger partial charge < -0.3 is 18.8 Å². The summed E-state index contributed by atoms with van der Waals surface area (Å²) in [6, 6.07) is 3.74. The molecule has 19 heavy (non-hydrogen) atoms. The van der Waals surface area contributed by atoms with Crippen LogP contribution in [0.5, 0.6) is 11.5 Å². The topological polar surface area (TPSA) is 49.7 Å². The van der Waals surface area contributed by atoms with Gasteiger partial charge in [-0.1, -0.05) is 0 Å². The second-order valence-electron chi connectivity index (χ2n) is 4.46. The highest BCUT2D eigenvalue weighted by molar-refractivity contribution is 6.06. The number of benzene rings is 1. The zero-order chi connectivity index (χ0) is 13.6. The molecule has 1 aliphatic heterocycles. The predicted molar refractivity (Wildman–Crippen MR) is 69.7 cm³/mol. The molecule has 2 aromatic rings. The molecule has 0 amide bonds. The maximum absolute atomic E-state index is 12.1. The van der Waals surface area contributed by atoms with Gasteiger partial charge in [0.2, 0.25) is 6.79 Å². The average Bonchev–Trinajstić information content (AvgIpc) is 2.92. The van der Waals surface area contributed by atoms with E-state index in [0.717, 1.165) is 16.6 Å². The van der Waals surface area contributed by atoms with E-state index < -0.39 is 0 Å². The molecule has 5 nitrogen and oxygen atoms in total. The lowest BCUT2D eigenvalue weighted by molar-refractivity contribution is 0.0527. The van der Waals surface area contributed by atoms with Crippen molar-refractivity contribution in [3.8, 4) is 11.5 Å². The molecule has 3 rings (SSSR count). The van der Waals surface area contributed by atoms with Crippen LogP contribution in [0, 0.1) is 6.92 Å². The zero-order valence-electron chi connectivity index (χ0n) is 11.1. The molecule has 2 heterocycles. The largest absolute Gasteiger partial charge is 0.462 e. The standard InChI is InChI=1S/C14H15NO4/c1-4-17-14(16)13-8(2)15(3)10-6-12-11(5-9(10)13)18-7-19-12/h5-6H,4,7H2,1-3H3. The van der Waals surface area contributed by atoms with E-state index in [1.165, 1.54) is 0 Å². The summed E-state index contributed by atoms with van der Waals surface area (Å²) in [5, 5.41) is 0.836. The van der Waals surface area contributed by atoms with E-state index in [9.17, 15) is 4.79 Å². The SMILES string of the molecule is CCOC(=O)c1c(C)n(C)c2cc3c(cc12)OCO3. The van der Waals surface area contributed by atoms with Gasteiger partial charge in [0.05, 0.1) is 17.7 Å². The summed E-state index contributed by atoms with van der Waals surface area (Å²) < 4.78 is 17.8. The van der Waals surface area contributed by atoms with Gasteiger partial charge in [-0.3, -0.25) is 0 Å². The highest BCUT2D eigenvalue weighted by Crippen LogP contribution is 2.38. The van der Waals surface area contributed by atoms with E-state index in [4.69, 9.17) is 14.2 Å². The number of rotatable bonds is 2. The monoisotopic (exact) mass is 261 g/mol. The number of esters is 1. The first kappa shape index (κ1) is 11.9. The van der Waals surface area contributed by atoms with Crippen LogP contribution in [-0.4, -0.2) is 23.9 Å². The minimum atomic E-state index is -0.301. The van der Waals surface area contributed by atoms with Crippen LogP contribution in [0.3, 0.4) is 0 Å². The maximum Gasteiger partial charge on any atom is 0.340 e. The summed E-state index contributed by atoms with van der Waals surface area (Å²) in [4.78, 5) is 12.1. The van der Waals surface area contributed by atoms with Crippen LogP contribution in [0.4, 0.5) is 0 Å². The molecule has 0 N–H and O–H groups in total. The summed E-state index contributed by atoms with van der Waals surface area (Å²) in [7, 11) is 1.92. The molecule has 0 spiro atoms. The average molecular weight is 261 g/mol. The van der Waals surface area contributed by atoms with Crippen molar-refractivity contribution in [1.29, 1.82) is 0 Å². The molecule has 0 atom stereocenters. The Bertz CT molecular complexity index is 672. The Kier molecular flexibility index (Phi) is 2.62. The Balaban J connectivity index is 2.26. The van der Waals surface area contributed by atoms with Crippen LogP contribution in [0.15, 0.2) is 12.1 Å². The van der Waals surface area contributed by atoms with Gasteiger partial charge in [-0.25, -0.2) is 4.79 Å². The number of ether oxygens (including phenoxy) is 3. The first-order valence-electron chi connectivity index (χ1n) is 6.19. The Morgan fingerprint density at radius 2 is 2.05 bits per heavy atom. The second kappa shape index (κ2) is 4.19. The molecule has 0 bridgehead atoms. The number of fused-ring (bicyclic) bond motifs is 2. The number of aryl methyl sites for hydroxylation is 1. The third kappa shape index (κ3) is 1.65. The molecule has 0 saturated heterocycles. The van der Waals surface area contributed by atoms with Gasteiger partial charge in [0.25, 0.3) is 0 Å². The Morgan fingerprint density at radius 1 is 1.37 bits per heavy atom. The summed E-state index contributed by atoms with van der Waals surface area (Å²) in [5.41, 5.74) is 2.40. The summed E-state index contributed by atoms with van der Waals surface area (Å²) in [6.45, 7) is 4.28. The van der Waals surface area contributed by atoms with E-state index in [1.54, 1.807) is 6.92 Å². The molecule has 5 heteroatoms. The lowest BCUT2D eigenvalue weighted by Gasteiger charge is -2.02. The molecule has 0 radical (unpaired) electrons. The normalized spacial score (nSPS) is 13.0. The highest BCUT2D eigenvalue weighted by Gasteiger charge is 2.23. The van der Waals surface area contributed by atoms with Gasteiger partial charge >= 0.3 is 5.97 Å². The van der Waals surface area contributed by atoms with Crippen molar-refractivity contribution >= 4 is 16.9 Å². The highest BCUT2D eigenvalue weighted by atomic mass is 16.7. The van der Waals surface area contributed by atoms with Gasteiger partial charge in [-0.15, -0.1) is 0 Å². The fourth-order valence-corrected chi connectivity index (χ4v) is 2.41. The zero-order valence-corrected chi connectivity index (χ0v) is 11.1. The number of hydrogen-bond donors (Lipinski definition) is 0. The van der Waals surface area contributed by atoms with Crippen molar-refractivity contribution in [3.63, 3.8) is 0 Å². The Hall–Kier alpha value is -2.17. The van der Waals surface area contributed by atoms with E-state index in [0.29, 0.717) is 23.7 Å². The van der Waals surface area contributed by atoms with Crippen molar-refractivity contribution in [2.75, 3.05) is 13.4 Å². The van der Waals surface area contributed by atoms with E-state index in [-0.39, 0.29) is 12.8 Å². The van der Waals surface area contributed by atoms with Crippen molar-refractivity contribution in [3.05, 3.63) is 23.4 Å². The molecule has 0 aliphatic carbocycles. The van der Waals surface area contributed by atoms with Crippen molar-refractivity contribution in [2.24, 2.45) is 7.05 Å². The van der Waals surface area contributed by atoms with Crippen molar-refractivity contribution in [2.45, 2.75) is 13.8 Å². The first-order valence-corrected chi connectivity index (χ1v) is 6.19. The van der Waals surface area contributed by atoms with E-state index >= 15 is 0 Å². The third-order valence-corrected chi connectivity index (χ3v) is 3.47. The minimum Gasteiger partial charge on any atom is -0.462 e. The number of aromatic nitrogens is 1. The fourth-order valence-electron chi connectivity index (χ4n) is 2.41. The predicted octanol–water partition coefficient (Wildman–Crippen LogP) is 2.39. The molecule has 0 saturated carbocycles. The number of carbonyl (C=O) groups is 1. The van der Waals surface area contributed by atoms with Crippen LogP contribution in [-0.2, 0) is 11.8 Å². The molecule has 0 fully saturated rings. The van der Waals surface area contributed by atoms with Crippen LogP contribution in [0.25, 0.3) is 10.9 Å². The first-order chi connectivity index (χ1) is 9.13. The fraction of sp³-hybridized carbons (Fsp3) is 0.357. The smallest absolute Gasteiger partial charge is 0.340 e. The second-order valence-corrected chi connectivity index (χ2v) is 4.46. The number of nitrogens with zero attached hydrogens (tertiary/aromatic N) is 1. The lowest BCUT2D eigenvalue weighted by Crippen LogP contribution is -2.06. The summed E-state index contributed by atoms with van der Waals surface area (Å²) in [5.74, 6) is 1.08. The summed E-state index contributed by atoms with van der Waals surface area (Å²) >= 11 is 0. The van der Waals surface area contributed by atoms with Crippen molar-refractivity contribution < 1.29 is 19.0 Å². The van der Waals surface area contributed by atoms with E-state index in [1.807, 2.05) is 30.7 Å². The molecule has 1 aliphatic rings. The summed E-state index contributed by atoms with van der Waals surface area (Å²) in [6.07, 6.45) is 0. The maximum atomic E-state index is 12.1. The van der Waals surface area contributed by atoms with Gasteiger partial charge in [-0.05, 0) is 19.9 Å². The van der Waals surface area contributed by atoms with Crippen LogP contribution in [0.2, 0.25) is 0 Å². The molecule has 100 valence electrons. The molecule has 1 aromatic heterocycles. The van der Waals surface area contributed by atoms with Crippen LogP contribution >= 0.6 is 0 Å². The van der Waals surface area contributed by atoms with Gasteiger partial charge in [0, 0.05) is 24.2 Å². The lowest BCUT2D eigenvalue weighted by atomic mass is 10.1. The van der Waals surface area contributed by atoms with Gasteiger partial charge in [-0.2, -0.15) is 0 Å². The molecule has 1 aromatic carbocycles. The number of hydrogen-bond acceptors (Lipinski definition) is 4. The third-order valence-electron chi connectivity index (χ3n) is 3.47.